The molecular weight excluding hydrogens is 370 g/mol. The van der Waals surface area contributed by atoms with E-state index >= 15 is 0 Å². The molecule has 0 bridgehead atoms. The summed E-state index contributed by atoms with van der Waals surface area (Å²) in [5.74, 6) is 0.626. The van der Waals surface area contributed by atoms with Gasteiger partial charge in [0.05, 0.1) is 18.9 Å². The highest BCUT2D eigenvalue weighted by molar-refractivity contribution is 5.92. The number of aryl methyl sites for hydroxylation is 2. The molecule has 7 nitrogen and oxygen atoms in total. The number of nitrogens with one attached hydrogen (secondary N) is 2. The Morgan fingerprint density at radius 3 is 2.59 bits per heavy atom. The highest BCUT2D eigenvalue weighted by Crippen LogP contribution is 2.26. The van der Waals surface area contributed by atoms with Gasteiger partial charge in [-0.3, -0.25) is 0 Å². The van der Waals surface area contributed by atoms with Gasteiger partial charge in [-0.15, -0.1) is 0 Å². The summed E-state index contributed by atoms with van der Waals surface area (Å²) in [5, 5.41) is 6.62. The van der Waals surface area contributed by atoms with Gasteiger partial charge in [-0.2, -0.15) is 5.10 Å². The standard InChI is InChI=1S/C22H21N3O4/c1-14-8-9-16(21(26)28-3)12-18(14)20-11-10-17(29-20)13-23-25-22(27)24-19-7-5-4-6-15(19)2/h4-13H,1-3H3,(H2,24,25,27). The first-order valence-electron chi connectivity index (χ1n) is 8.93. The Labute approximate surface area is 168 Å². The van der Waals surface area contributed by atoms with Crippen molar-refractivity contribution in [2.45, 2.75) is 13.8 Å². The van der Waals surface area contributed by atoms with E-state index < -0.39 is 12.0 Å². The van der Waals surface area contributed by atoms with Crippen molar-refractivity contribution < 1.29 is 18.7 Å². The number of carbonyl (C=O) groups is 2. The molecule has 1 aromatic heterocycles. The quantitative estimate of drug-likeness (QED) is 0.380. The summed E-state index contributed by atoms with van der Waals surface area (Å²) in [6.07, 6.45) is 1.40. The van der Waals surface area contributed by atoms with Crippen LogP contribution < -0.4 is 10.7 Å². The number of benzene rings is 2. The highest BCUT2D eigenvalue weighted by Gasteiger charge is 2.12. The van der Waals surface area contributed by atoms with Crippen LogP contribution in [0.2, 0.25) is 0 Å². The molecule has 0 spiro atoms. The van der Waals surface area contributed by atoms with Crippen LogP contribution in [0, 0.1) is 13.8 Å². The molecule has 7 heteroatoms. The molecule has 1 heterocycles. The number of amides is 2. The van der Waals surface area contributed by atoms with Crippen molar-refractivity contribution in [3.05, 3.63) is 77.0 Å². The van der Waals surface area contributed by atoms with Crippen LogP contribution in [0.25, 0.3) is 11.3 Å². The maximum atomic E-state index is 11.9. The minimum Gasteiger partial charge on any atom is -0.465 e. The molecule has 2 aromatic carbocycles. The van der Waals surface area contributed by atoms with Crippen LogP contribution in [0.3, 0.4) is 0 Å². The number of rotatable bonds is 5. The summed E-state index contributed by atoms with van der Waals surface area (Å²) in [6, 6.07) is 15.7. The molecule has 0 aliphatic rings. The summed E-state index contributed by atoms with van der Waals surface area (Å²) in [7, 11) is 1.34. The van der Waals surface area contributed by atoms with Gasteiger partial charge < -0.3 is 14.5 Å². The molecule has 0 aliphatic carbocycles. The first kappa shape index (κ1) is 19.9. The number of furan rings is 1. The summed E-state index contributed by atoms with van der Waals surface area (Å²) in [6.45, 7) is 3.82. The van der Waals surface area contributed by atoms with Crippen molar-refractivity contribution in [3.8, 4) is 11.3 Å². The van der Waals surface area contributed by atoms with Crippen LogP contribution in [-0.4, -0.2) is 25.3 Å². The molecule has 0 radical (unpaired) electrons. The maximum Gasteiger partial charge on any atom is 0.339 e. The topological polar surface area (TPSA) is 92.9 Å². The molecule has 0 saturated carbocycles. The maximum absolute atomic E-state index is 11.9. The first-order valence-corrected chi connectivity index (χ1v) is 8.93. The fourth-order valence-electron chi connectivity index (χ4n) is 2.72. The van der Waals surface area contributed by atoms with Crippen LogP contribution in [0.15, 0.2) is 64.1 Å². The highest BCUT2D eigenvalue weighted by atomic mass is 16.5. The number of ether oxygens (including phenoxy) is 1. The van der Waals surface area contributed by atoms with Crippen LogP contribution in [-0.2, 0) is 4.74 Å². The van der Waals surface area contributed by atoms with Crippen molar-refractivity contribution in [2.24, 2.45) is 5.10 Å². The van der Waals surface area contributed by atoms with Gasteiger partial charge in [0.15, 0.2) is 0 Å². The summed E-state index contributed by atoms with van der Waals surface area (Å²) >= 11 is 0. The SMILES string of the molecule is COC(=O)c1ccc(C)c(-c2ccc(C=NNC(=O)Nc3ccccc3C)o2)c1. The van der Waals surface area contributed by atoms with E-state index in [0.29, 0.717) is 22.8 Å². The molecule has 148 valence electrons. The van der Waals surface area contributed by atoms with Gasteiger partial charge in [0.2, 0.25) is 0 Å². The van der Waals surface area contributed by atoms with E-state index in [0.717, 1.165) is 16.7 Å². The third-order valence-corrected chi connectivity index (χ3v) is 4.30. The number of hydrogen-bond donors (Lipinski definition) is 2. The van der Waals surface area contributed by atoms with E-state index in [1.165, 1.54) is 13.3 Å². The monoisotopic (exact) mass is 391 g/mol. The van der Waals surface area contributed by atoms with Gasteiger partial charge in [0.25, 0.3) is 0 Å². The Kier molecular flexibility index (Phi) is 6.09. The van der Waals surface area contributed by atoms with Gasteiger partial charge >= 0.3 is 12.0 Å². The fourth-order valence-corrected chi connectivity index (χ4v) is 2.72. The fraction of sp³-hybridized carbons (Fsp3) is 0.136. The second-order valence-electron chi connectivity index (χ2n) is 6.36. The lowest BCUT2D eigenvalue weighted by atomic mass is 10.0. The zero-order valence-electron chi connectivity index (χ0n) is 16.4. The van der Waals surface area contributed by atoms with Gasteiger partial charge in [-0.05, 0) is 55.3 Å². The number of anilines is 1. The van der Waals surface area contributed by atoms with E-state index in [2.05, 4.69) is 15.8 Å². The number of methoxy groups -OCH3 is 1. The number of carbonyl (C=O) groups excluding carboxylic acids is 2. The average molecular weight is 391 g/mol. The Morgan fingerprint density at radius 1 is 1.03 bits per heavy atom. The molecular formula is C22H21N3O4. The lowest BCUT2D eigenvalue weighted by Crippen LogP contribution is -2.24. The van der Waals surface area contributed by atoms with Gasteiger partial charge in [0, 0.05) is 11.3 Å². The van der Waals surface area contributed by atoms with Crippen LogP contribution in [0.1, 0.15) is 27.2 Å². The predicted octanol–water partition coefficient (Wildman–Crippen LogP) is 4.51. The Bertz CT molecular complexity index is 1070. The first-order chi connectivity index (χ1) is 14.0. The van der Waals surface area contributed by atoms with E-state index in [1.807, 2.05) is 44.2 Å². The van der Waals surface area contributed by atoms with Crippen LogP contribution >= 0.6 is 0 Å². The Hall–Kier alpha value is -3.87. The van der Waals surface area contributed by atoms with Crippen molar-refractivity contribution in [3.63, 3.8) is 0 Å². The predicted molar refractivity (Wildman–Crippen MR) is 111 cm³/mol. The number of para-hydroxylation sites is 1. The smallest absolute Gasteiger partial charge is 0.339 e. The molecule has 2 N–H and O–H groups in total. The van der Waals surface area contributed by atoms with Crippen molar-refractivity contribution in [1.82, 2.24) is 5.43 Å². The summed E-state index contributed by atoms with van der Waals surface area (Å²) < 4.78 is 10.5. The number of hydrogen-bond acceptors (Lipinski definition) is 5. The summed E-state index contributed by atoms with van der Waals surface area (Å²) in [4.78, 5) is 23.7. The number of hydrazone groups is 1. The zero-order valence-corrected chi connectivity index (χ0v) is 16.4. The summed E-state index contributed by atoms with van der Waals surface area (Å²) in [5.41, 5.74) is 6.22. The molecule has 2 amide bonds. The van der Waals surface area contributed by atoms with Crippen LogP contribution in [0.4, 0.5) is 10.5 Å². The molecule has 0 atom stereocenters. The third kappa shape index (κ3) is 4.90. The Balaban J connectivity index is 1.67. The zero-order chi connectivity index (χ0) is 20.8. The van der Waals surface area contributed by atoms with E-state index in [4.69, 9.17) is 9.15 Å². The largest absolute Gasteiger partial charge is 0.465 e. The molecule has 0 saturated heterocycles. The average Bonchev–Trinajstić information content (AvgIpc) is 3.18. The van der Waals surface area contributed by atoms with Crippen LogP contribution in [0.5, 0.6) is 0 Å². The van der Waals surface area contributed by atoms with E-state index in [9.17, 15) is 9.59 Å². The molecule has 3 rings (SSSR count). The van der Waals surface area contributed by atoms with Gasteiger partial charge in [-0.25, -0.2) is 15.0 Å². The molecule has 3 aromatic rings. The van der Waals surface area contributed by atoms with E-state index in [1.54, 1.807) is 24.3 Å². The normalized spacial score (nSPS) is 10.7. The minimum absolute atomic E-state index is 0.413. The molecule has 0 aliphatic heterocycles. The lowest BCUT2D eigenvalue weighted by Gasteiger charge is -2.06. The number of nitrogens with zero attached hydrogens (tertiary/aromatic N) is 1. The van der Waals surface area contributed by atoms with Gasteiger partial charge in [-0.1, -0.05) is 24.3 Å². The van der Waals surface area contributed by atoms with E-state index in [-0.39, 0.29) is 0 Å². The molecule has 29 heavy (non-hydrogen) atoms. The van der Waals surface area contributed by atoms with Gasteiger partial charge in [0.1, 0.15) is 11.5 Å². The minimum atomic E-state index is -0.455. The van der Waals surface area contributed by atoms with Crippen molar-refractivity contribution >= 4 is 23.9 Å². The number of urea groups is 1. The van der Waals surface area contributed by atoms with Crippen molar-refractivity contribution in [2.75, 3.05) is 12.4 Å². The lowest BCUT2D eigenvalue weighted by molar-refractivity contribution is 0.0600. The third-order valence-electron chi connectivity index (χ3n) is 4.30. The second kappa shape index (κ2) is 8.88. The number of esters is 1. The second-order valence-corrected chi connectivity index (χ2v) is 6.36. The molecule has 0 fully saturated rings. The molecule has 0 unspecified atom stereocenters. The Morgan fingerprint density at radius 2 is 1.83 bits per heavy atom. The van der Waals surface area contributed by atoms with Crippen molar-refractivity contribution in [1.29, 1.82) is 0 Å².